The van der Waals surface area contributed by atoms with Crippen LogP contribution in [0.4, 0.5) is 17.1 Å². The third kappa shape index (κ3) is 5.41. The molecular weight excluding hydrogens is 787 g/mol. The standard InChI is InChI=1S/C63H43NO/c1-62(55-29-15-11-25-49(55)50-26-12-16-30-56(50)62)59-41-48(39-54-53-28-14-18-32-60(53)65-61(54)59)64(46-35-33-43(34-36-46)42-19-5-2-6-20-42)47-37-38-52-51-27-13-17-31-57(51)63(58(52)40-47,44-21-7-3-8-22-44)45-23-9-4-10-24-45/h2-41H,1H3. The van der Waals surface area contributed by atoms with Crippen LogP contribution in [0.25, 0.3) is 55.3 Å². The first-order chi connectivity index (χ1) is 32.1. The normalized spacial score (nSPS) is 13.9. The Bertz CT molecular complexity index is 3520. The highest BCUT2D eigenvalue weighted by Gasteiger charge is 2.47. The van der Waals surface area contributed by atoms with Crippen LogP contribution in [0.3, 0.4) is 0 Å². The Morgan fingerprint density at radius 3 is 1.46 bits per heavy atom. The molecule has 0 aliphatic heterocycles. The number of rotatable bonds is 7. The van der Waals surface area contributed by atoms with Crippen molar-refractivity contribution in [1.82, 2.24) is 0 Å². The van der Waals surface area contributed by atoms with Gasteiger partial charge in [0.15, 0.2) is 0 Å². The van der Waals surface area contributed by atoms with Gasteiger partial charge in [0.2, 0.25) is 0 Å². The second kappa shape index (κ2) is 14.4. The fraction of sp³-hybridized carbons (Fsp3) is 0.0476. The molecule has 1 heterocycles. The number of hydrogen-bond acceptors (Lipinski definition) is 2. The van der Waals surface area contributed by atoms with E-state index in [1.165, 1.54) is 66.8 Å². The van der Waals surface area contributed by atoms with Crippen molar-refractivity contribution in [3.05, 3.63) is 282 Å². The minimum atomic E-state index is -0.548. The van der Waals surface area contributed by atoms with E-state index >= 15 is 0 Å². The van der Waals surface area contributed by atoms with Gasteiger partial charge in [-0.2, -0.15) is 0 Å². The summed E-state index contributed by atoms with van der Waals surface area (Å²) in [4.78, 5) is 2.47. The van der Waals surface area contributed by atoms with Gasteiger partial charge < -0.3 is 9.32 Å². The average molecular weight is 830 g/mol. The minimum Gasteiger partial charge on any atom is -0.456 e. The summed E-state index contributed by atoms with van der Waals surface area (Å²) >= 11 is 0. The van der Waals surface area contributed by atoms with E-state index in [0.717, 1.165) is 44.6 Å². The Balaban J connectivity index is 1.11. The molecule has 2 aliphatic rings. The van der Waals surface area contributed by atoms with Crippen molar-refractivity contribution in [2.24, 2.45) is 0 Å². The smallest absolute Gasteiger partial charge is 0.140 e. The summed E-state index contributed by atoms with van der Waals surface area (Å²) in [5.41, 5.74) is 20.1. The van der Waals surface area contributed by atoms with Crippen molar-refractivity contribution in [2.75, 3.05) is 4.90 Å². The summed E-state index contributed by atoms with van der Waals surface area (Å²) in [6.45, 7) is 2.39. The molecule has 65 heavy (non-hydrogen) atoms. The van der Waals surface area contributed by atoms with Crippen LogP contribution in [0.5, 0.6) is 0 Å². The molecule has 10 aromatic carbocycles. The zero-order chi connectivity index (χ0) is 43.1. The van der Waals surface area contributed by atoms with Gasteiger partial charge >= 0.3 is 0 Å². The number of benzene rings is 10. The molecule has 306 valence electrons. The highest BCUT2D eigenvalue weighted by Crippen LogP contribution is 2.59. The SMILES string of the molecule is CC1(c2cc(N(c3ccc(-c4ccccc4)cc3)c3ccc4c(c3)C(c3ccccc3)(c3ccccc3)c3ccccc3-4)cc3c2oc2ccccc23)c2ccccc2-c2ccccc21. The highest BCUT2D eigenvalue weighted by atomic mass is 16.3. The maximum absolute atomic E-state index is 7.01. The number of anilines is 3. The first-order valence-electron chi connectivity index (χ1n) is 22.6. The number of para-hydroxylation sites is 1. The number of furan rings is 1. The van der Waals surface area contributed by atoms with Crippen LogP contribution in [-0.4, -0.2) is 0 Å². The Labute approximate surface area is 379 Å². The molecule has 0 radical (unpaired) electrons. The van der Waals surface area contributed by atoms with Crippen LogP contribution in [0.1, 0.15) is 45.9 Å². The zero-order valence-corrected chi connectivity index (χ0v) is 35.9. The maximum atomic E-state index is 7.01. The molecule has 0 atom stereocenters. The first-order valence-corrected chi connectivity index (χ1v) is 22.6. The molecule has 0 fully saturated rings. The van der Waals surface area contributed by atoms with Crippen LogP contribution in [0.15, 0.2) is 247 Å². The fourth-order valence-corrected chi connectivity index (χ4v) is 11.5. The fourth-order valence-electron chi connectivity index (χ4n) is 11.5. The third-order valence-electron chi connectivity index (χ3n) is 14.4. The van der Waals surface area contributed by atoms with Gasteiger partial charge in [0.1, 0.15) is 11.2 Å². The molecule has 0 spiro atoms. The second-order valence-electron chi connectivity index (χ2n) is 17.7. The summed E-state index contributed by atoms with van der Waals surface area (Å²) in [6.07, 6.45) is 0. The summed E-state index contributed by atoms with van der Waals surface area (Å²) < 4.78 is 7.01. The molecule has 11 aromatic rings. The third-order valence-corrected chi connectivity index (χ3v) is 14.4. The van der Waals surface area contributed by atoms with Gasteiger partial charge in [-0.3, -0.25) is 0 Å². The van der Waals surface area contributed by atoms with Gasteiger partial charge in [-0.15, -0.1) is 0 Å². The lowest BCUT2D eigenvalue weighted by Gasteiger charge is -2.35. The molecule has 0 N–H and O–H groups in total. The van der Waals surface area contributed by atoms with Crippen LogP contribution < -0.4 is 4.90 Å². The number of nitrogens with zero attached hydrogens (tertiary/aromatic N) is 1. The zero-order valence-electron chi connectivity index (χ0n) is 35.9. The van der Waals surface area contributed by atoms with Crippen molar-refractivity contribution in [3.63, 3.8) is 0 Å². The van der Waals surface area contributed by atoms with Crippen LogP contribution in [0.2, 0.25) is 0 Å². The van der Waals surface area contributed by atoms with Gasteiger partial charge in [-0.05, 0) is 116 Å². The van der Waals surface area contributed by atoms with E-state index < -0.39 is 10.8 Å². The topological polar surface area (TPSA) is 16.4 Å². The molecule has 0 saturated carbocycles. The molecule has 2 heteroatoms. The lowest BCUT2D eigenvalue weighted by atomic mass is 9.67. The maximum Gasteiger partial charge on any atom is 0.140 e. The van der Waals surface area contributed by atoms with Crippen molar-refractivity contribution in [3.8, 4) is 33.4 Å². The lowest BCUT2D eigenvalue weighted by molar-refractivity contribution is 0.638. The predicted octanol–water partition coefficient (Wildman–Crippen LogP) is 16.4. The van der Waals surface area contributed by atoms with E-state index in [0.29, 0.717) is 0 Å². The Kier molecular flexibility index (Phi) is 8.29. The van der Waals surface area contributed by atoms with Crippen molar-refractivity contribution < 1.29 is 4.42 Å². The van der Waals surface area contributed by atoms with E-state index in [1.54, 1.807) is 0 Å². The van der Waals surface area contributed by atoms with Crippen LogP contribution in [0, 0.1) is 0 Å². The molecule has 2 aliphatic carbocycles. The molecule has 0 bridgehead atoms. The monoisotopic (exact) mass is 829 g/mol. The average Bonchev–Trinajstić information content (AvgIpc) is 3.99. The van der Waals surface area contributed by atoms with Gasteiger partial charge in [-0.25, -0.2) is 0 Å². The van der Waals surface area contributed by atoms with Crippen LogP contribution in [-0.2, 0) is 10.8 Å². The molecule has 1 aromatic heterocycles. The molecule has 0 amide bonds. The Morgan fingerprint density at radius 1 is 0.338 bits per heavy atom. The number of hydrogen-bond donors (Lipinski definition) is 0. The van der Waals surface area contributed by atoms with Crippen LogP contribution >= 0.6 is 0 Å². The second-order valence-corrected chi connectivity index (χ2v) is 17.7. The Morgan fingerprint density at radius 2 is 0.815 bits per heavy atom. The van der Waals surface area contributed by atoms with E-state index in [-0.39, 0.29) is 0 Å². The van der Waals surface area contributed by atoms with Crippen molar-refractivity contribution >= 4 is 39.0 Å². The minimum absolute atomic E-state index is 0.506. The molecule has 2 nitrogen and oxygen atoms in total. The number of fused-ring (bicyclic) bond motifs is 9. The molecular formula is C63H43NO. The molecule has 0 saturated heterocycles. The van der Waals surface area contributed by atoms with E-state index in [4.69, 9.17) is 4.42 Å². The van der Waals surface area contributed by atoms with Crippen molar-refractivity contribution in [1.29, 1.82) is 0 Å². The van der Waals surface area contributed by atoms with Gasteiger partial charge in [-0.1, -0.05) is 200 Å². The molecule has 13 rings (SSSR count). The quantitative estimate of drug-likeness (QED) is 0.159. The highest BCUT2D eigenvalue weighted by molar-refractivity contribution is 6.09. The van der Waals surface area contributed by atoms with Gasteiger partial charge in [0.05, 0.1) is 5.41 Å². The van der Waals surface area contributed by atoms with E-state index in [9.17, 15) is 0 Å². The predicted molar refractivity (Wildman–Crippen MR) is 269 cm³/mol. The van der Waals surface area contributed by atoms with E-state index in [1.807, 2.05) is 0 Å². The summed E-state index contributed by atoms with van der Waals surface area (Å²) in [5.74, 6) is 0. The summed E-state index contributed by atoms with van der Waals surface area (Å²) in [7, 11) is 0. The summed E-state index contributed by atoms with van der Waals surface area (Å²) in [6, 6.07) is 89.1. The summed E-state index contributed by atoms with van der Waals surface area (Å²) in [5, 5.41) is 2.20. The molecule has 0 unspecified atom stereocenters. The largest absolute Gasteiger partial charge is 0.456 e. The van der Waals surface area contributed by atoms with Crippen molar-refractivity contribution in [2.45, 2.75) is 17.8 Å². The lowest BCUT2D eigenvalue weighted by Crippen LogP contribution is -2.28. The Hall–Kier alpha value is -8.20. The first kappa shape index (κ1) is 37.4. The van der Waals surface area contributed by atoms with E-state index in [2.05, 4.69) is 254 Å². The van der Waals surface area contributed by atoms with Gasteiger partial charge in [0, 0.05) is 38.8 Å². The van der Waals surface area contributed by atoms with Gasteiger partial charge in [0.25, 0.3) is 0 Å².